The van der Waals surface area contributed by atoms with Crippen molar-refractivity contribution in [2.45, 2.75) is 158 Å². The fraction of sp³-hybridized carbons (Fsp3) is 0.964. The molecular formula is C28H52O12. The predicted octanol–water partition coefficient (Wildman–Crippen LogP) is 0.635. The molecule has 236 valence electrons. The normalized spacial score (nSPS) is 34.6. The summed E-state index contributed by atoms with van der Waals surface area (Å²) in [6.07, 6.45) is -0.289. The molecule has 0 unspecified atom stereocenters. The van der Waals surface area contributed by atoms with E-state index in [-0.39, 0.29) is 6.42 Å². The van der Waals surface area contributed by atoms with Crippen molar-refractivity contribution in [2.24, 2.45) is 0 Å². The second-order valence-electron chi connectivity index (χ2n) is 11.0. The number of ether oxygens (including phenoxy) is 4. The first-order chi connectivity index (χ1) is 19.2. The fourth-order valence-electron chi connectivity index (χ4n) is 5.13. The van der Waals surface area contributed by atoms with Gasteiger partial charge in [-0.05, 0) is 6.42 Å². The number of esters is 1. The van der Waals surface area contributed by atoms with E-state index in [0.717, 1.165) is 19.3 Å². The van der Waals surface area contributed by atoms with Crippen LogP contribution in [0.1, 0.15) is 96.8 Å². The zero-order valence-electron chi connectivity index (χ0n) is 23.8. The average molecular weight is 581 g/mol. The van der Waals surface area contributed by atoms with Gasteiger partial charge in [0.2, 0.25) is 6.29 Å². The van der Waals surface area contributed by atoms with E-state index < -0.39 is 80.6 Å². The van der Waals surface area contributed by atoms with E-state index in [4.69, 9.17) is 18.9 Å². The smallest absolute Gasteiger partial charge is 0.308 e. The van der Waals surface area contributed by atoms with Crippen molar-refractivity contribution < 1.29 is 59.5 Å². The second-order valence-corrected chi connectivity index (χ2v) is 11.0. The summed E-state index contributed by atoms with van der Waals surface area (Å²) in [5, 5.41) is 70.3. The summed E-state index contributed by atoms with van der Waals surface area (Å²) in [5.41, 5.74) is 0. The quantitative estimate of drug-likeness (QED) is 0.0833. The van der Waals surface area contributed by atoms with Gasteiger partial charge in [-0.15, -0.1) is 0 Å². The van der Waals surface area contributed by atoms with Gasteiger partial charge in [0.05, 0.1) is 13.2 Å². The van der Waals surface area contributed by atoms with Crippen LogP contribution in [0.5, 0.6) is 0 Å². The number of carbonyl (C=O) groups is 1. The van der Waals surface area contributed by atoms with Crippen LogP contribution in [0, 0.1) is 0 Å². The highest BCUT2D eigenvalue weighted by atomic mass is 16.7. The van der Waals surface area contributed by atoms with E-state index in [0.29, 0.717) is 6.42 Å². The second kappa shape index (κ2) is 19.3. The van der Waals surface area contributed by atoms with E-state index in [9.17, 15) is 40.5 Å². The summed E-state index contributed by atoms with van der Waals surface area (Å²) in [6.45, 7) is 0.846. The summed E-state index contributed by atoms with van der Waals surface area (Å²) in [4.78, 5) is 12.3. The summed E-state index contributed by atoms with van der Waals surface area (Å²) in [7, 11) is 0. The molecule has 12 heteroatoms. The van der Waals surface area contributed by atoms with Gasteiger partial charge in [-0.1, -0.05) is 84.0 Å². The summed E-state index contributed by atoms with van der Waals surface area (Å²) >= 11 is 0. The molecule has 2 rings (SSSR count). The maximum Gasteiger partial charge on any atom is 0.308 e. The van der Waals surface area contributed by atoms with Crippen LogP contribution in [0.25, 0.3) is 0 Å². The van der Waals surface area contributed by atoms with Crippen LogP contribution in [0.4, 0.5) is 0 Å². The van der Waals surface area contributed by atoms with Crippen molar-refractivity contribution in [1.82, 2.24) is 0 Å². The fourth-order valence-corrected chi connectivity index (χ4v) is 5.13. The Morgan fingerprint density at radius 1 is 0.600 bits per heavy atom. The Kier molecular flexibility index (Phi) is 17.0. The highest BCUT2D eigenvalue weighted by molar-refractivity contribution is 5.69. The maximum absolute atomic E-state index is 12.3. The van der Waals surface area contributed by atoms with Crippen LogP contribution >= 0.6 is 0 Å². The van der Waals surface area contributed by atoms with Gasteiger partial charge in [0.1, 0.15) is 48.8 Å². The first-order valence-electron chi connectivity index (χ1n) is 15.0. The Balaban J connectivity index is 1.67. The molecule has 12 nitrogen and oxygen atoms in total. The Morgan fingerprint density at radius 2 is 1.07 bits per heavy atom. The summed E-state index contributed by atoms with van der Waals surface area (Å²) < 4.78 is 21.4. The van der Waals surface area contributed by atoms with Crippen LogP contribution in [0.3, 0.4) is 0 Å². The molecular weight excluding hydrogens is 528 g/mol. The molecule has 10 atom stereocenters. The predicted molar refractivity (Wildman–Crippen MR) is 143 cm³/mol. The minimum atomic E-state index is -1.75. The number of aliphatic hydroxyl groups is 7. The number of aliphatic hydroxyl groups excluding tert-OH is 7. The third-order valence-corrected chi connectivity index (χ3v) is 7.69. The molecule has 0 aromatic heterocycles. The molecule has 40 heavy (non-hydrogen) atoms. The van der Waals surface area contributed by atoms with Crippen molar-refractivity contribution in [3.63, 3.8) is 0 Å². The minimum absolute atomic E-state index is 0.120. The zero-order valence-corrected chi connectivity index (χ0v) is 23.8. The molecule has 0 radical (unpaired) electrons. The minimum Gasteiger partial charge on any atom is -0.433 e. The van der Waals surface area contributed by atoms with Crippen LogP contribution in [0.2, 0.25) is 0 Å². The molecule has 0 aromatic rings. The Morgan fingerprint density at radius 3 is 1.60 bits per heavy atom. The highest BCUT2D eigenvalue weighted by Gasteiger charge is 2.51. The number of rotatable bonds is 19. The van der Waals surface area contributed by atoms with Gasteiger partial charge in [-0.2, -0.15) is 0 Å². The van der Waals surface area contributed by atoms with Crippen molar-refractivity contribution in [2.75, 3.05) is 13.2 Å². The molecule has 0 bridgehead atoms. The lowest BCUT2D eigenvalue weighted by Crippen LogP contribution is -2.64. The zero-order chi connectivity index (χ0) is 29.5. The van der Waals surface area contributed by atoms with Crippen molar-refractivity contribution in [3.05, 3.63) is 0 Å². The lowest BCUT2D eigenvalue weighted by atomic mass is 9.97. The Labute approximate surface area is 237 Å². The highest BCUT2D eigenvalue weighted by Crippen LogP contribution is 2.29. The van der Waals surface area contributed by atoms with Gasteiger partial charge in [0, 0.05) is 6.42 Å². The molecule has 0 aliphatic carbocycles. The molecule has 2 aliphatic heterocycles. The SMILES string of the molecule is CCCCCCCCCCCCCCCC(=O)O[C@@H]1O[C@H](CO)[C@@H](O[C@H]2O[C@H](CO)[C@@H](O)[C@H](O)[C@H]2O)[C@H](O)[C@H]1O. The monoisotopic (exact) mass is 580 g/mol. The lowest BCUT2D eigenvalue weighted by molar-refractivity contribution is -0.355. The molecule has 2 fully saturated rings. The van der Waals surface area contributed by atoms with Gasteiger partial charge in [-0.3, -0.25) is 4.79 Å². The Hall–Kier alpha value is -0.930. The number of hydrogen-bond acceptors (Lipinski definition) is 12. The molecule has 2 heterocycles. The topological polar surface area (TPSA) is 196 Å². The van der Waals surface area contributed by atoms with E-state index >= 15 is 0 Å². The van der Waals surface area contributed by atoms with Crippen LogP contribution in [-0.4, -0.2) is 116 Å². The van der Waals surface area contributed by atoms with Gasteiger partial charge < -0.3 is 54.7 Å². The van der Waals surface area contributed by atoms with Crippen molar-refractivity contribution in [1.29, 1.82) is 0 Å². The van der Waals surface area contributed by atoms with Crippen LogP contribution in [-0.2, 0) is 23.7 Å². The van der Waals surface area contributed by atoms with Crippen LogP contribution in [0.15, 0.2) is 0 Å². The number of hydrogen-bond donors (Lipinski definition) is 7. The van der Waals surface area contributed by atoms with Crippen LogP contribution < -0.4 is 0 Å². The van der Waals surface area contributed by atoms with Crippen molar-refractivity contribution >= 4 is 5.97 Å². The lowest BCUT2D eigenvalue weighted by Gasteiger charge is -2.45. The van der Waals surface area contributed by atoms with E-state index in [2.05, 4.69) is 6.92 Å². The standard InChI is InChI=1S/C28H52O12/c1-2-3-4-5-6-7-8-9-10-11-12-13-14-15-20(31)39-27-25(36)23(34)26(19(17-30)38-27)40-28-24(35)22(33)21(32)18(16-29)37-28/h18-19,21-30,32-36H,2-17H2,1H3/t18-,19-,21-,22+,23-,24-,25-,26-,27+,28-/m1/s1. The molecule has 0 spiro atoms. The number of unbranched alkanes of at least 4 members (excludes halogenated alkanes) is 12. The van der Waals surface area contributed by atoms with E-state index in [1.54, 1.807) is 0 Å². The van der Waals surface area contributed by atoms with Gasteiger partial charge >= 0.3 is 5.97 Å². The third kappa shape index (κ3) is 11.0. The number of carbonyl (C=O) groups excluding carboxylic acids is 1. The largest absolute Gasteiger partial charge is 0.433 e. The van der Waals surface area contributed by atoms with Gasteiger partial charge in [-0.25, -0.2) is 0 Å². The maximum atomic E-state index is 12.3. The summed E-state index contributed by atoms with van der Waals surface area (Å²) in [6, 6.07) is 0. The Bertz CT molecular complexity index is 678. The van der Waals surface area contributed by atoms with E-state index in [1.807, 2.05) is 0 Å². The average Bonchev–Trinajstić information content (AvgIpc) is 2.95. The van der Waals surface area contributed by atoms with Crippen molar-refractivity contribution in [3.8, 4) is 0 Å². The van der Waals surface area contributed by atoms with E-state index in [1.165, 1.54) is 57.8 Å². The van der Waals surface area contributed by atoms with Gasteiger partial charge in [0.15, 0.2) is 6.29 Å². The molecule has 2 aliphatic rings. The molecule has 7 N–H and O–H groups in total. The molecule has 2 saturated heterocycles. The molecule has 0 amide bonds. The molecule has 0 saturated carbocycles. The summed E-state index contributed by atoms with van der Waals surface area (Å²) in [5.74, 6) is -0.607. The molecule has 0 aromatic carbocycles. The van der Waals surface area contributed by atoms with Gasteiger partial charge in [0.25, 0.3) is 0 Å². The first-order valence-corrected chi connectivity index (χ1v) is 15.0. The first kappa shape index (κ1) is 35.3. The third-order valence-electron chi connectivity index (χ3n) is 7.69.